The molecule has 0 amide bonds. The Morgan fingerprint density at radius 3 is 2.08 bits per heavy atom. The molecule has 8 heteroatoms. The Balaban J connectivity index is 0.00000338. The number of sulfonamides is 1. The van der Waals surface area contributed by atoms with Gasteiger partial charge in [0.25, 0.3) is 0 Å². The van der Waals surface area contributed by atoms with Crippen LogP contribution >= 0.6 is 24.0 Å². The van der Waals surface area contributed by atoms with E-state index in [1.54, 1.807) is 37.4 Å². The minimum Gasteiger partial charge on any atom is -0.356 e. The molecule has 0 unspecified atom stereocenters. The van der Waals surface area contributed by atoms with Crippen molar-refractivity contribution in [2.75, 3.05) is 26.7 Å². The predicted octanol–water partition coefficient (Wildman–Crippen LogP) is 1.99. The summed E-state index contributed by atoms with van der Waals surface area (Å²) in [6.45, 7) is 1.47. The molecule has 0 atom stereocenters. The zero-order chi connectivity index (χ0) is 18.0. The summed E-state index contributed by atoms with van der Waals surface area (Å²) in [6.07, 6.45) is 0.891. The highest BCUT2D eigenvalue weighted by Gasteiger charge is 2.11. The van der Waals surface area contributed by atoms with E-state index in [-0.39, 0.29) is 35.4 Å². The average Bonchev–Trinajstić information content (AvgIpc) is 2.65. The first-order valence-corrected chi connectivity index (χ1v) is 9.63. The van der Waals surface area contributed by atoms with Gasteiger partial charge in [0.1, 0.15) is 0 Å². The third-order valence-corrected chi connectivity index (χ3v) is 5.01. The number of hydrogen-bond acceptors (Lipinski definition) is 3. The van der Waals surface area contributed by atoms with Gasteiger partial charge >= 0.3 is 0 Å². The van der Waals surface area contributed by atoms with Crippen molar-refractivity contribution >= 4 is 40.0 Å². The second-order valence-electron chi connectivity index (χ2n) is 5.37. The molecule has 0 aliphatic heterocycles. The Hall–Kier alpha value is -1.65. The summed E-state index contributed by atoms with van der Waals surface area (Å²) in [4.78, 5) is 4.39. The lowest BCUT2D eigenvalue weighted by molar-refractivity contribution is 0.580. The highest BCUT2D eigenvalue weighted by Crippen LogP contribution is 2.06. The summed E-state index contributed by atoms with van der Waals surface area (Å²) >= 11 is 0. The Morgan fingerprint density at radius 1 is 0.885 bits per heavy atom. The van der Waals surface area contributed by atoms with E-state index in [1.807, 2.05) is 18.2 Å². The summed E-state index contributed by atoms with van der Waals surface area (Å²) in [5.74, 6) is 0.648. The van der Waals surface area contributed by atoms with Crippen LogP contribution in [0.15, 0.2) is 70.6 Å². The molecule has 0 saturated heterocycles. The van der Waals surface area contributed by atoms with E-state index >= 15 is 0 Å². The second-order valence-corrected chi connectivity index (χ2v) is 7.14. The van der Waals surface area contributed by atoms with Crippen LogP contribution in [0, 0.1) is 0 Å². The zero-order valence-corrected chi connectivity index (χ0v) is 17.8. The number of hydrogen-bond donors (Lipinski definition) is 3. The molecule has 142 valence electrons. The monoisotopic (exact) mass is 488 g/mol. The third-order valence-electron chi connectivity index (χ3n) is 3.54. The fraction of sp³-hybridized carbons (Fsp3) is 0.278. The van der Waals surface area contributed by atoms with E-state index in [0.717, 1.165) is 13.0 Å². The summed E-state index contributed by atoms with van der Waals surface area (Å²) in [6, 6.07) is 18.5. The molecule has 3 N–H and O–H groups in total. The molecule has 2 aromatic carbocycles. The molecule has 26 heavy (non-hydrogen) atoms. The zero-order valence-electron chi connectivity index (χ0n) is 14.7. The maximum absolute atomic E-state index is 12.1. The molecule has 0 spiro atoms. The minimum atomic E-state index is -3.47. The van der Waals surface area contributed by atoms with Crippen molar-refractivity contribution < 1.29 is 8.42 Å². The Labute approximate surface area is 172 Å². The first-order valence-electron chi connectivity index (χ1n) is 8.15. The van der Waals surface area contributed by atoms with Gasteiger partial charge in [-0.2, -0.15) is 0 Å². The van der Waals surface area contributed by atoms with Gasteiger partial charge in [-0.15, -0.1) is 24.0 Å². The van der Waals surface area contributed by atoms with E-state index in [0.29, 0.717) is 12.5 Å². The van der Waals surface area contributed by atoms with Gasteiger partial charge in [-0.25, -0.2) is 13.1 Å². The number of aliphatic imine (C=N–C) groups is 1. The number of guanidine groups is 1. The normalized spacial score (nSPS) is 11.5. The lowest BCUT2D eigenvalue weighted by Crippen LogP contribution is -2.42. The Kier molecular flexibility index (Phi) is 10.2. The summed E-state index contributed by atoms with van der Waals surface area (Å²) in [7, 11) is -1.78. The summed E-state index contributed by atoms with van der Waals surface area (Å²) in [5.41, 5.74) is 1.25. The van der Waals surface area contributed by atoms with Gasteiger partial charge in [0.05, 0.1) is 4.90 Å². The Bertz CT molecular complexity index is 768. The van der Waals surface area contributed by atoms with Crippen LogP contribution in [0.5, 0.6) is 0 Å². The number of nitrogens with one attached hydrogen (secondary N) is 3. The van der Waals surface area contributed by atoms with Gasteiger partial charge in [0.2, 0.25) is 10.0 Å². The lowest BCUT2D eigenvalue weighted by atomic mass is 10.1. The number of rotatable bonds is 8. The van der Waals surface area contributed by atoms with Crippen molar-refractivity contribution in [3.05, 3.63) is 66.2 Å². The third kappa shape index (κ3) is 7.71. The molecule has 0 fully saturated rings. The van der Waals surface area contributed by atoms with Crippen molar-refractivity contribution in [1.29, 1.82) is 0 Å². The quantitative estimate of drug-likeness (QED) is 0.230. The SMILES string of the molecule is CN=C(NCCNS(=O)(=O)c1ccccc1)NCCc1ccccc1.I. The van der Waals surface area contributed by atoms with Crippen molar-refractivity contribution in [3.8, 4) is 0 Å². The van der Waals surface area contributed by atoms with E-state index in [2.05, 4.69) is 32.5 Å². The van der Waals surface area contributed by atoms with Crippen molar-refractivity contribution in [1.82, 2.24) is 15.4 Å². The largest absolute Gasteiger partial charge is 0.356 e. The van der Waals surface area contributed by atoms with E-state index in [1.165, 1.54) is 5.56 Å². The van der Waals surface area contributed by atoms with E-state index in [4.69, 9.17) is 0 Å². The lowest BCUT2D eigenvalue weighted by Gasteiger charge is -2.12. The van der Waals surface area contributed by atoms with E-state index in [9.17, 15) is 8.42 Å². The van der Waals surface area contributed by atoms with Crippen LogP contribution in [-0.4, -0.2) is 41.1 Å². The van der Waals surface area contributed by atoms with Gasteiger partial charge in [0, 0.05) is 26.7 Å². The van der Waals surface area contributed by atoms with Crippen molar-refractivity contribution in [2.45, 2.75) is 11.3 Å². The van der Waals surface area contributed by atoms with Gasteiger partial charge in [-0.05, 0) is 24.1 Å². The molecule has 2 aromatic rings. The maximum atomic E-state index is 12.1. The highest BCUT2D eigenvalue weighted by atomic mass is 127. The molecule has 0 aromatic heterocycles. The summed E-state index contributed by atoms with van der Waals surface area (Å²) < 4.78 is 26.7. The molecule has 0 heterocycles. The van der Waals surface area contributed by atoms with Crippen LogP contribution in [0.25, 0.3) is 0 Å². The smallest absolute Gasteiger partial charge is 0.240 e. The van der Waals surface area contributed by atoms with Crippen LogP contribution in [0.3, 0.4) is 0 Å². The fourth-order valence-electron chi connectivity index (χ4n) is 2.24. The number of benzene rings is 2. The van der Waals surface area contributed by atoms with Crippen molar-refractivity contribution in [2.24, 2.45) is 4.99 Å². The highest BCUT2D eigenvalue weighted by molar-refractivity contribution is 14.0. The molecule has 0 saturated carbocycles. The minimum absolute atomic E-state index is 0. The standard InChI is InChI=1S/C18H24N4O2S.HI/c1-19-18(20-13-12-16-8-4-2-5-9-16)21-14-15-22-25(23,24)17-10-6-3-7-11-17;/h2-11,22H,12-15H2,1H3,(H2,19,20,21);1H. The molecule has 0 aliphatic carbocycles. The number of halogens is 1. The van der Waals surface area contributed by atoms with E-state index < -0.39 is 10.0 Å². The first-order chi connectivity index (χ1) is 12.1. The predicted molar refractivity (Wildman–Crippen MR) is 117 cm³/mol. The second kappa shape index (κ2) is 11.9. The van der Waals surface area contributed by atoms with Crippen molar-refractivity contribution in [3.63, 3.8) is 0 Å². The molecule has 0 aliphatic rings. The van der Waals surface area contributed by atoms with Gasteiger partial charge in [-0.3, -0.25) is 4.99 Å². The summed E-state index contributed by atoms with van der Waals surface area (Å²) in [5, 5.41) is 6.30. The average molecular weight is 488 g/mol. The molecule has 0 radical (unpaired) electrons. The van der Waals surface area contributed by atoms with Gasteiger partial charge in [0.15, 0.2) is 5.96 Å². The van der Waals surface area contributed by atoms with Crippen LogP contribution in [-0.2, 0) is 16.4 Å². The van der Waals surface area contributed by atoms with Crippen LogP contribution < -0.4 is 15.4 Å². The maximum Gasteiger partial charge on any atom is 0.240 e. The van der Waals surface area contributed by atoms with Gasteiger partial charge < -0.3 is 10.6 Å². The molecular formula is C18H25IN4O2S. The van der Waals surface area contributed by atoms with Crippen LogP contribution in [0.1, 0.15) is 5.56 Å². The molecule has 6 nitrogen and oxygen atoms in total. The van der Waals surface area contributed by atoms with Crippen LogP contribution in [0.4, 0.5) is 0 Å². The molecule has 0 bridgehead atoms. The van der Waals surface area contributed by atoms with Crippen LogP contribution in [0.2, 0.25) is 0 Å². The fourth-order valence-corrected chi connectivity index (χ4v) is 3.29. The molecular weight excluding hydrogens is 463 g/mol. The van der Waals surface area contributed by atoms with Gasteiger partial charge in [-0.1, -0.05) is 48.5 Å². The first kappa shape index (κ1) is 22.4. The topological polar surface area (TPSA) is 82.6 Å². The molecule has 2 rings (SSSR count). The Morgan fingerprint density at radius 2 is 1.46 bits per heavy atom. The number of nitrogens with zero attached hydrogens (tertiary/aromatic N) is 1.